The van der Waals surface area contributed by atoms with E-state index in [0.29, 0.717) is 18.5 Å². The zero-order valence-corrected chi connectivity index (χ0v) is 11.1. The van der Waals surface area contributed by atoms with Gasteiger partial charge < -0.3 is 20.6 Å². The third-order valence-corrected chi connectivity index (χ3v) is 3.92. The molecule has 0 aliphatic heterocycles. The third kappa shape index (κ3) is 2.94. The molecule has 0 spiro atoms. The second-order valence-electron chi connectivity index (χ2n) is 5.09. The highest BCUT2D eigenvalue weighted by Gasteiger charge is 2.29. The van der Waals surface area contributed by atoms with Crippen LogP contribution < -0.4 is 11.1 Å². The fourth-order valence-electron chi connectivity index (χ4n) is 2.77. The first kappa shape index (κ1) is 13.6. The van der Waals surface area contributed by atoms with Crippen molar-refractivity contribution >= 4 is 0 Å². The first-order valence-electron chi connectivity index (χ1n) is 6.94. The van der Waals surface area contributed by atoms with Crippen LogP contribution in [0.2, 0.25) is 0 Å². The lowest BCUT2D eigenvalue weighted by atomic mass is 10.0. The number of aryl methyl sites for hydroxylation is 1. The molecule has 18 heavy (non-hydrogen) atoms. The molecule has 3 unspecified atom stereocenters. The molecule has 2 rings (SSSR count). The Morgan fingerprint density at radius 2 is 2.33 bits per heavy atom. The number of aliphatic hydroxyl groups is 1. The summed E-state index contributed by atoms with van der Waals surface area (Å²) in [4.78, 5) is 0. The Morgan fingerprint density at radius 1 is 1.50 bits per heavy atom. The fourth-order valence-corrected chi connectivity index (χ4v) is 2.77. The smallest absolute Gasteiger partial charge is 0.122 e. The lowest BCUT2D eigenvalue weighted by molar-refractivity contribution is 0.196. The Balaban J connectivity index is 2.00. The summed E-state index contributed by atoms with van der Waals surface area (Å²) in [7, 11) is 0. The van der Waals surface area contributed by atoms with Crippen molar-refractivity contribution in [2.24, 2.45) is 11.7 Å². The van der Waals surface area contributed by atoms with Gasteiger partial charge in [-0.2, -0.15) is 0 Å². The van der Waals surface area contributed by atoms with E-state index in [1.54, 1.807) is 0 Å². The van der Waals surface area contributed by atoms with Gasteiger partial charge in [-0.1, -0.05) is 13.3 Å². The summed E-state index contributed by atoms with van der Waals surface area (Å²) in [6.45, 7) is 2.85. The van der Waals surface area contributed by atoms with Crippen LogP contribution in [-0.4, -0.2) is 24.3 Å². The molecule has 102 valence electrons. The highest BCUT2D eigenvalue weighted by Crippen LogP contribution is 2.28. The Morgan fingerprint density at radius 3 is 2.94 bits per heavy atom. The van der Waals surface area contributed by atoms with Gasteiger partial charge in [0, 0.05) is 25.6 Å². The molecule has 4 N–H and O–H groups in total. The molecule has 1 aliphatic carbocycles. The Labute approximate surface area is 109 Å². The molecule has 1 fully saturated rings. The molecule has 1 heterocycles. The van der Waals surface area contributed by atoms with Crippen LogP contribution in [0.15, 0.2) is 16.5 Å². The minimum Gasteiger partial charge on any atom is -0.464 e. The van der Waals surface area contributed by atoms with E-state index in [1.165, 1.54) is 6.42 Å². The molecule has 1 saturated carbocycles. The molecule has 1 aliphatic rings. The maximum Gasteiger partial charge on any atom is 0.122 e. The normalized spacial score (nSPS) is 25.5. The van der Waals surface area contributed by atoms with E-state index < -0.39 is 0 Å². The van der Waals surface area contributed by atoms with Gasteiger partial charge in [0.05, 0.1) is 6.04 Å². The molecule has 0 amide bonds. The van der Waals surface area contributed by atoms with Crippen molar-refractivity contribution < 1.29 is 9.52 Å². The lowest BCUT2D eigenvalue weighted by Crippen LogP contribution is -2.39. The Hall–Kier alpha value is -0.840. The topological polar surface area (TPSA) is 71.4 Å². The highest BCUT2D eigenvalue weighted by molar-refractivity contribution is 5.11. The van der Waals surface area contributed by atoms with Crippen LogP contribution in [0.4, 0.5) is 0 Å². The first-order chi connectivity index (χ1) is 8.78. The second-order valence-corrected chi connectivity index (χ2v) is 5.09. The van der Waals surface area contributed by atoms with Gasteiger partial charge in [0.2, 0.25) is 0 Å². The summed E-state index contributed by atoms with van der Waals surface area (Å²) in [6.07, 6.45) is 4.30. The van der Waals surface area contributed by atoms with Crippen LogP contribution in [0, 0.1) is 5.92 Å². The molecule has 4 heteroatoms. The van der Waals surface area contributed by atoms with Gasteiger partial charge in [-0.25, -0.2) is 0 Å². The van der Waals surface area contributed by atoms with E-state index in [9.17, 15) is 5.11 Å². The van der Waals surface area contributed by atoms with Gasteiger partial charge in [0.15, 0.2) is 0 Å². The molecule has 3 atom stereocenters. The van der Waals surface area contributed by atoms with Gasteiger partial charge in [-0.15, -0.1) is 0 Å². The van der Waals surface area contributed by atoms with Crippen molar-refractivity contribution in [3.8, 4) is 0 Å². The summed E-state index contributed by atoms with van der Waals surface area (Å²) in [5.74, 6) is 2.27. The average molecular weight is 252 g/mol. The van der Waals surface area contributed by atoms with Gasteiger partial charge in [-0.05, 0) is 30.9 Å². The van der Waals surface area contributed by atoms with Crippen LogP contribution in [0.5, 0.6) is 0 Å². The molecule has 0 saturated heterocycles. The zero-order chi connectivity index (χ0) is 13.0. The van der Waals surface area contributed by atoms with Crippen LogP contribution in [0.25, 0.3) is 0 Å². The molecule has 1 aromatic heterocycles. The van der Waals surface area contributed by atoms with E-state index >= 15 is 0 Å². The number of furan rings is 1. The maximum absolute atomic E-state index is 9.34. The zero-order valence-electron chi connectivity index (χ0n) is 11.1. The molecule has 0 aromatic carbocycles. The molecule has 0 radical (unpaired) electrons. The third-order valence-electron chi connectivity index (χ3n) is 3.92. The van der Waals surface area contributed by atoms with E-state index in [4.69, 9.17) is 10.2 Å². The minimum atomic E-state index is 0.0578. The predicted molar refractivity (Wildman–Crippen MR) is 71.2 cm³/mol. The number of nitrogens with two attached hydrogens (primary N) is 1. The lowest BCUT2D eigenvalue weighted by Gasteiger charge is -2.24. The summed E-state index contributed by atoms with van der Waals surface area (Å²) >= 11 is 0. The number of hydrogen-bond donors (Lipinski definition) is 3. The largest absolute Gasteiger partial charge is 0.464 e. The number of rotatable bonds is 6. The van der Waals surface area contributed by atoms with Crippen molar-refractivity contribution in [2.45, 2.75) is 44.7 Å². The Bertz CT molecular complexity index is 364. The summed E-state index contributed by atoms with van der Waals surface area (Å²) in [5.41, 5.74) is 5.84. The maximum atomic E-state index is 9.34. The van der Waals surface area contributed by atoms with Gasteiger partial charge in [0.1, 0.15) is 11.5 Å². The quantitative estimate of drug-likeness (QED) is 0.719. The summed E-state index contributed by atoms with van der Waals surface area (Å²) in [5, 5.41) is 12.9. The summed E-state index contributed by atoms with van der Waals surface area (Å²) in [6, 6.07) is 4.44. The van der Waals surface area contributed by atoms with Crippen LogP contribution in [0.1, 0.15) is 43.7 Å². The Kier molecular flexibility index (Phi) is 4.80. The number of nitrogens with one attached hydrogen (secondary N) is 1. The minimum absolute atomic E-state index is 0.0578. The molecule has 4 nitrogen and oxygen atoms in total. The van der Waals surface area contributed by atoms with E-state index in [2.05, 4.69) is 12.2 Å². The standard InChI is InChI=1S/C14H24N2O2/c1-2-11-6-7-14(18-11)13(8-15)16-12-5-3-4-10(12)9-17/h6-7,10,12-13,16-17H,2-5,8-9,15H2,1H3. The molecule has 0 bridgehead atoms. The van der Waals surface area contributed by atoms with Crippen molar-refractivity contribution in [3.63, 3.8) is 0 Å². The van der Waals surface area contributed by atoms with Crippen molar-refractivity contribution in [1.82, 2.24) is 5.32 Å². The predicted octanol–water partition coefficient (Wildman–Crippen LogP) is 1.59. The van der Waals surface area contributed by atoms with Crippen molar-refractivity contribution in [2.75, 3.05) is 13.2 Å². The number of hydrogen-bond acceptors (Lipinski definition) is 4. The summed E-state index contributed by atoms with van der Waals surface area (Å²) < 4.78 is 5.76. The molecular weight excluding hydrogens is 228 g/mol. The fraction of sp³-hybridized carbons (Fsp3) is 0.714. The van der Waals surface area contributed by atoms with E-state index in [0.717, 1.165) is 30.8 Å². The first-order valence-corrected chi connectivity index (χ1v) is 6.94. The van der Waals surface area contributed by atoms with E-state index in [-0.39, 0.29) is 12.6 Å². The van der Waals surface area contributed by atoms with Crippen molar-refractivity contribution in [3.05, 3.63) is 23.7 Å². The van der Waals surface area contributed by atoms with Gasteiger partial charge in [-0.3, -0.25) is 0 Å². The SMILES string of the molecule is CCc1ccc(C(CN)NC2CCCC2CO)o1. The highest BCUT2D eigenvalue weighted by atomic mass is 16.3. The van der Waals surface area contributed by atoms with Crippen LogP contribution in [0.3, 0.4) is 0 Å². The van der Waals surface area contributed by atoms with Crippen molar-refractivity contribution in [1.29, 1.82) is 0 Å². The molecular formula is C14H24N2O2. The monoisotopic (exact) mass is 252 g/mol. The van der Waals surface area contributed by atoms with Crippen LogP contribution >= 0.6 is 0 Å². The van der Waals surface area contributed by atoms with E-state index in [1.807, 2.05) is 12.1 Å². The number of aliphatic hydroxyl groups excluding tert-OH is 1. The van der Waals surface area contributed by atoms with Crippen LogP contribution in [-0.2, 0) is 6.42 Å². The molecule has 1 aromatic rings. The second kappa shape index (κ2) is 6.36. The average Bonchev–Trinajstić information content (AvgIpc) is 3.04. The van der Waals surface area contributed by atoms with Gasteiger partial charge >= 0.3 is 0 Å². The van der Waals surface area contributed by atoms with Gasteiger partial charge in [0.25, 0.3) is 0 Å².